The van der Waals surface area contributed by atoms with Crippen LogP contribution in [0.4, 0.5) is 5.69 Å². The van der Waals surface area contributed by atoms with Gasteiger partial charge in [0.15, 0.2) is 17.3 Å². The van der Waals surface area contributed by atoms with Crippen LogP contribution in [0.15, 0.2) is 69.7 Å². The topological polar surface area (TPSA) is 113 Å². The van der Waals surface area contributed by atoms with Gasteiger partial charge in [-0.05, 0) is 31.2 Å². The number of carbonyl (C=O) groups is 2. The fourth-order valence-electron chi connectivity index (χ4n) is 3.22. The average molecular weight is 462 g/mol. The summed E-state index contributed by atoms with van der Waals surface area (Å²) in [4.78, 5) is 30.0. The lowest BCUT2D eigenvalue weighted by Crippen LogP contribution is -2.16. The Hall–Kier alpha value is -4.53. The molecule has 4 aromatic rings. The quantitative estimate of drug-likeness (QED) is 0.369. The van der Waals surface area contributed by atoms with Crippen molar-refractivity contribution in [3.05, 3.63) is 83.6 Å². The lowest BCUT2D eigenvalue weighted by Gasteiger charge is -2.14. The van der Waals surface area contributed by atoms with E-state index in [4.69, 9.17) is 23.0 Å². The van der Waals surface area contributed by atoms with E-state index in [1.165, 1.54) is 38.7 Å². The molecule has 0 unspecified atom stereocenters. The molecule has 0 saturated heterocycles. The average Bonchev–Trinajstić information content (AvgIpc) is 3.53. The largest absolute Gasteiger partial charge is 0.493 e. The van der Waals surface area contributed by atoms with E-state index in [0.717, 1.165) is 5.56 Å². The summed E-state index contributed by atoms with van der Waals surface area (Å²) in [6.07, 6.45) is 1.38. The third-order valence-corrected chi connectivity index (χ3v) is 4.99. The molecule has 9 heteroatoms. The number of furan rings is 1. The highest BCUT2D eigenvalue weighted by atomic mass is 16.5. The van der Waals surface area contributed by atoms with E-state index < -0.39 is 11.9 Å². The fourth-order valence-corrected chi connectivity index (χ4v) is 3.22. The number of nitrogens with zero attached hydrogens (tertiary/aromatic N) is 1. The van der Waals surface area contributed by atoms with Crippen molar-refractivity contribution in [1.82, 2.24) is 4.98 Å². The summed E-state index contributed by atoms with van der Waals surface area (Å²) in [6, 6.07) is 15.4. The SMILES string of the molecule is COc1cc(NC(=O)c2ccco2)c(C(=O)OCc2nc(-c3ccccc3)oc2C)cc1OC. The number of hydrogen-bond acceptors (Lipinski definition) is 8. The predicted molar refractivity (Wildman–Crippen MR) is 122 cm³/mol. The van der Waals surface area contributed by atoms with Gasteiger partial charge in [0.05, 0.1) is 31.7 Å². The first kappa shape index (κ1) is 22.7. The maximum absolute atomic E-state index is 13.0. The van der Waals surface area contributed by atoms with Crippen LogP contribution in [0.25, 0.3) is 11.5 Å². The highest BCUT2D eigenvalue weighted by molar-refractivity contribution is 6.07. The zero-order valence-electron chi connectivity index (χ0n) is 18.8. The maximum Gasteiger partial charge on any atom is 0.340 e. The molecule has 34 heavy (non-hydrogen) atoms. The number of hydrogen-bond donors (Lipinski definition) is 1. The number of carbonyl (C=O) groups excluding carboxylic acids is 2. The fraction of sp³-hybridized carbons (Fsp3) is 0.160. The molecule has 174 valence electrons. The molecule has 2 heterocycles. The molecule has 2 aromatic heterocycles. The Labute approximate surface area is 195 Å². The molecule has 2 aromatic carbocycles. The number of ether oxygens (including phenoxy) is 3. The summed E-state index contributed by atoms with van der Waals surface area (Å²) in [6.45, 7) is 1.62. The first-order valence-corrected chi connectivity index (χ1v) is 10.3. The van der Waals surface area contributed by atoms with Crippen LogP contribution in [0.2, 0.25) is 0 Å². The first-order chi connectivity index (χ1) is 16.5. The van der Waals surface area contributed by atoms with Gasteiger partial charge in [0.2, 0.25) is 5.89 Å². The smallest absolute Gasteiger partial charge is 0.340 e. The minimum atomic E-state index is -0.695. The van der Waals surface area contributed by atoms with Gasteiger partial charge in [-0.3, -0.25) is 4.79 Å². The molecule has 0 aliphatic carbocycles. The van der Waals surface area contributed by atoms with Gasteiger partial charge >= 0.3 is 5.97 Å². The number of aromatic nitrogens is 1. The number of methoxy groups -OCH3 is 2. The number of rotatable bonds is 8. The second kappa shape index (κ2) is 9.95. The zero-order valence-corrected chi connectivity index (χ0v) is 18.8. The van der Waals surface area contributed by atoms with Crippen molar-refractivity contribution in [1.29, 1.82) is 0 Å². The van der Waals surface area contributed by atoms with Gasteiger partial charge in [0.25, 0.3) is 5.91 Å². The highest BCUT2D eigenvalue weighted by Gasteiger charge is 2.22. The molecule has 0 saturated carbocycles. The molecule has 4 rings (SSSR count). The summed E-state index contributed by atoms with van der Waals surface area (Å²) < 4.78 is 26.9. The maximum atomic E-state index is 13.0. The summed E-state index contributed by atoms with van der Waals surface area (Å²) >= 11 is 0. The number of nitrogens with one attached hydrogen (secondary N) is 1. The van der Waals surface area contributed by atoms with Crippen molar-refractivity contribution in [2.45, 2.75) is 13.5 Å². The molecular formula is C25H22N2O7. The van der Waals surface area contributed by atoms with Gasteiger partial charge in [-0.2, -0.15) is 0 Å². The monoisotopic (exact) mass is 462 g/mol. The van der Waals surface area contributed by atoms with E-state index in [1.807, 2.05) is 30.3 Å². The van der Waals surface area contributed by atoms with Crippen LogP contribution in [-0.4, -0.2) is 31.1 Å². The first-order valence-electron chi connectivity index (χ1n) is 10.3. The van der Waals surface area contributed by atoms with E-state index in [-0.39, 0.29) is 23.6 Å². The number of aryl methyl sites for hydroxylation is 1. The Morgan fingerprint density at radius 3 is 2.41 bits per heavy atom. The van der Waals surface area contributed by atoms with Crippen LogP contribution in [0, 0.1) is 6.92 Å². The van der Waals surface area contributed by atoms with E-state index in [2.05, 4.69) is 10.3 Å². The molecule has 0 bridgehead atoms. The molecule has 0 fully saturated rings. The zero-order chi connectivity index (χ0) is 24.1. The summed E-state index contributed by atoms with van der Waals surface area (Å²) in [5.74, 6) is 0.446. The van der Waals surface area contributed by atoms with Crippen LogP contribution >= 0.6 is 0 Å². The second-order valence-corrected chi connectivity index (χ2v) is 7.15. The van der Waals surface area contributed by atoms with Gasteiger partial charge < -0.3 is 28.4 Å². The lowest BCUT2D eigenvalue weighted by molar-refractivity contribution is 0.0467. The molecule has 9 nitrogen and oxygen atoms in total. The summed E-state index contributed by atoms with van der Waals surface area (Å²) in [5.41, 5.74) is 1.53. The highest BCUT2D eigenvalue weighted by Crippen LogP contribution is 2.34. The van der Waals surface area contributed by atoms with E-state index >= 15 is 0 Å². The number of benzene rings is 2. The van der Waals surface area contributed by atoms with Crippen LogP contribution in [-0.2, 0) is 11.3 Å². The van der Waals surface area contributed by atoms with E-state index in [0.29, 0.717) is 28.8 Å². The Kier molecular flexibility index (Phi) is 6.63. The molecule has 0 aliphatic rings. The van der Waals surface area contributed by atoms with Gasteiger partial charge in [0, 0.05) is 17.7 Å². The van der Waals surface area contributed by atoms with Crippen molar-refractivity contribution < 1.29 is 32.6 Å². The molecule has 1 N–H and O–H groups in total. The third-order valence-electron chi connectivity index (χ3n) is 4.99. The number of oxazole rings is 1. The molecule has 0 atom stereocenters. The number of esters is 1. The Morgan fingerprint density at radius 2 is 1.74 bits per heavy atom. The van der Waals surface area contributed by atoms with Gasteiger partial charge in [-0.25, -0.2) is 9.78 Å². The van der Waals surface area contributed by atoms with Crippen LogP contribution in [0.1, 0.15) is 32.4 Å². The third kappa shape index (κ3) is 4.78. The molecular weight excluding hydrogens is 440 g/mol. The minimum absolute atomic E-state index is 0.0713. The van der Waals surface area contributed by atoms with Crippen LogP contribution < -0.4 is 14.8 Å². The lowest BCUT2D eigenvalue weighted by atomic mass is 10.1. The Balaban J connectivity index is 1.57. The minimum Gasteiger partial charge on any atom is -0.493 e. The van der Waals surface area contributed by atoms with Gasteiger partial charge in [-0.1, -0.05) is 18.2 Å². The number of anilines is 1. The van der Waals surface area contributed by atoms with Crippen LogP contribution in [0.5, 0.6) is 11.5 Å². The van der Waals surface area contributed by atoms with Crippen molar-refractivity contribution in [3.63, 3.8) is 0 Å². The van der Waals surface area contributed by atoms with Crippen molar-refractivity contribution in [3.8, 4) is 23.0 Å². The predicted octanol–water partition coefficient (Wildman–Crippen LogP) is 4.87. The number of amides is 1. The van der Waals surface area contributed by atoms with Crippen molar-refractivity contribution in [2.24, 2.45) is 0 Å². The normalized spacial score (nSPS) is 10.6. The van der Waals surface area contributed by atoms with Crippen LogP contribution in [0.3, 0.4) is 0 Å². The standard InChI is InChI=1S/C25H22N2O7/c1-15-19(27-24(34-15)16-8-5-4-6-9-16)14-33-25(29)17-12-21(30-2)22(31-3)13-18(17)26-23(28)20-10-7-11-32-20/h4-13H,14H2,1-3H3,(H,26,28). The Morgan fingerprint density at radius 1 is 1.00 bits per heavy atom. The summed E-state index contributed by atoms with van der Waals surface area (Å²) in [5, 5.41) is 2.65. The molecule has 0 aliphatic heterocycles. The summed E-state index contributed by atoms with van der Waals surface area (Å²) in [7, 11) is 2.89. The van der Waals surface area contributed by atoms with Crippen molar-refractivity contribution in [2.75, 3.05) is 19.5 Å². The molecule has 0 spiro atoms. The second-order valence-electron chi connectivity index (χ2n) is 7.15. The van der Waals surface area contributed by atoms with Gasteiger partial charge in [0.1, 0.15) is 18.1 Å². The van der Waals surface area contributed by atoms with Crippen molar-refractivity contribution >= 4 is 17.6 Å². The Bertz CT molecular complexity index is 1290. The molecule has 0 radical (unpaired) electrons. The molecule has 1 amide bonds. The van der Waals surface area contributed by atoms with E-state index in [1.54, 1.807) is 13.0 Å². The van der Waals surface area contributed by atoms with Gasteiger partial charge in [-0.15, -0.1) is 0 Å². The van der Waals surface area contributed by atoms with E-state index in [9.17, 15) is 9.59 Å².